The standard InChI is InChI=1S/C51H30N4O/c1-3-13-33-25-37(23-21-31(33)11-1)49-52-50(38-24-22-32-12-2-4-14-34(32)26-38)54-51(53-49)39-28-43-41-18-8-10-20-47(41)56-48(43)46(30-39)55-44-19-9-7-17-40(44)42-27-35-15-5-6-16-36(35)29-45(42)55/h1-30H. The number of aromatic nitrogens is 4. The molecule has 56 heavy (non-hydrogen) atoms. The molecule has 0 saturated carbocycles. The molecule has 260 valence electrons. The summed E-state index contributed by atoms with van der Waals surface area (Å²) in [6, 6.07) is 64.0. The van der Waals surface area contributed by atoms with Gasteiger partial charge < -0.3 is 8.98 Å². The fraction of sp³-hybridized carbons (Fsp3) is 0. The van der Waals surface area contributed by atoms with Gasteiger partial charge in [0, 0.05) is 38.2 Å². The summed E-state index contributed by atoms with van der Waals surface area (Å²) < 4.78 is 9.13. The third kappa shape index (κ3) is 4.78. The Bertz CT molecular complexity index is 3460. The van der Waals surface area contributed by atoms with Gasteiger partial charge in [0.1, 0.15) is 5.58 Å². The number of hydrogen-bond donors (Lipinski definition) is 0. The van der Waals surface area contributed by atoms with Crippen molar-refractivity contribution in [3.8, 4) is 39.9 Å². The molecule has 0 amide bonds. The highest BCUT2D eigenvalue weighted by molar-refractivity contribution is 6.16. The van der Waals surface area contributed by atoms with Crippen LogP contribution in [0.2, 0.25) is 0 Å². The minimum absolute atomic E-state index is 0.589. The monoisotopic (exact) mass is 714 g/mol. The van der Waals surface area contributed by atoms with Gasteiger partial charge in [-0.2, -0.15) is 0 Å². The summed E-state index contributed by atoms with van der Waals surface area (Å²) in [6.45, 7) is 0. The van der Waals surface area contributed by atoms with E-state index in [4.69, 9.17) is 19.4 Å². The molecule has 3 heterocycles. The van der Waals surface area contributed by atoms with E-state index in [1.54, 1.807) is 0 Å². The predicted molar refractivity (Wildman–Crippen MR) is 230 cm³/mol. The molecule has 0 saturated heterocycles. The largest absolute Gasteiger partial charge is 0.454 e. The zero-order chi connectivity index (χ0) is 36.7. The summed E-state index contributed by atoms with van der Waals surface area (Å²) in [5, 5.41) is 11.4. The lowest BCUT2D eigenvalue weighted by Gasteiger charge is -2.13. The van der Waals surface area contributed by atoms with Crippen LogP contribution < -0.4 is 0 Å². The zero-order valence-corrected chi connectivity index (χ0v) is 30.0. The Hall–Kier alpha value is -7.63. The van der Waals surface area contributed by atoms with Crippen LogP contribution in [0.15, 0.2) is 186 Å². The molecule has 5 heteroatoms. The van der Waals surface area contributed by atoms with E-state index in [9.17, 15) is 0 Å². The molecule has 9 aromatic carbocycles. The molecule has 3 aromatic heterocycles. The Morgan fingerprint density at radius 1 is 0.339 bits per heavy atom. The first-order chi connectivity index (χ1) is 27.7. The van der Waals surface area contributed by atoms with Crippen molar-refractivity contribution >= 4 is 76.1 Å². The number of hydrogen-bond acceptors (Lipinski definition) is 4. The molecule has 0 spiro atoms. The number of furan rings is 1. The highest BCUT2D eigenvalue weighted by atomic mass is 16.3. The summed E-state index contributed by atoms with van der Waals surface area (Å²) in [5.74, 6) is 1.82. The second-order valence-electron chi connectivity index (χ2n) is 14.5. The van der Waals surface area contributed by atoms with E-state index in [2.05, 4.69) is 174 Å². The Morgan fingerprint density at radius 3 is 1.52 bits per heavy atom. The molecule has 12 rings (SSSR count). The van der Waals surface area contributed by atoms with Crippen molar-refractivity contribution in [2.24, 2.45) is 0 Å². The van der Waals surface area contributed by atoms with Crippen LogP contribution in [0.1, 0.15) is 0 Å². The highest BCUT2D eigenvalue weighted by Gasteiger charge is 2.22. The van der Waals surface area contributed by atoms with Crippen molar-refractivity contribution in [2.45, 2.75) is 0 Å². The van der Waals surface area contributed by atoms with Crippen molar-refractivity contribution in [1.29, 1.82) is 0 Å². The van der Waals surface area contributed by atoms with Crippen LogP contribution in [-0.4, -0.2) is 19.5 Å². The maximum Gasteiger partial charge on any atom is 0.164 e. The lowest BCUT2D eigenvalue weighted by atomic mass is 10.0. The van der Waals surface area contributed by atoms with Gasteiger partial charge in [0.15, 0.2) is 23.1 Å². The predicted octanol–water partition coefficient (Wildman–Crippen LogP) is 13.3. The molecule has 5 nitrogen and oxygen atoms in total. The fourth-order valence-electron chi connectivity index (χ4n) is 8.44. The van der Waals surface area contributed by atoms with Crippen LogP contribution >= 0.6 is 0 Å². The second-order valence-corrected chi connectivity index (χ2v) is 14.5. The van der Waals surface area contributed by atoms with Gasteiger partial charge in [-0.05, 0) is 80.8 Å². The van der Waals surface area contributed by atoms with Crippen molar-refractivity contribution in [3.63, 3.8) is 0 Å². The molecule has 0 atom stereocenters. The van der Waals surface area contributed by atoms with Crippen LogP contribution in [-0.2, 0) is 0 Å². The number of nitrogens with zero attached hydrogens (tertiary/aromatic N) is 4. The molecule has 12 aromatic rings. The molecule has 0 bridgehead atoms. The van der Waals surface area contributed by atoms with Crippen LogP contribution in [0, 0.1) is 0 Å². The van der Waals surface area contributed by atoms with E-state index >= 15 is 0 Å². The van der Waals surface area contributed by atoms with Crippen LogP contribution in [0.25, 0.3) is 116 Å². The zero-order valence-electron chi connectivity index (χ0n) is 30.0. The Morgan fingerprint density at radius 2 is 0.857 bits per heavy atom. The van der Waals surface area contributed by atoms with E-state index in [1.165, 1.54) is 32.3 Å². The average Bonchev–Trinajstić information content (AvgIpc) is 3.80. The van der Waals surface area contributed by atoms with Gasteiger partial charge in [-0.15, -0.1) is 0 Å². The van der Waals surface area contributed by atoms with Gasteiger partial charge in [0.2, 0.25) is 0 Å². The molecular formula is C51H30N4O. The number of para-hydroxylation sites is 2. The first-order valence-electron chi connectivity index (χ1n) is 18.8. The first-order valence-corrected chi connectivity index (χ1v) is 18.8. The van der Waals surface area contributed by atoms with Crippen molar-refractivity contribution in [3.05, 3.63) is 182 Å². The summed E-state index contributed by atoms with van der Waals surface area (Å²) in [6.07, 6.45) is 0. The molecule has 0 radical (unpaired) electrons. The number of benzene rings is 9. The normalized spacial score (nSPS) is 11.9. The van der Waals surface area contributed by atoms with Gasteiger partial charge in [-0.1, -0.05) is 133 Å². The van der Waals surface area contributed by atoms with Gasteiger partial charge in [0.05, 0.1) is 16.7 Å². The highest BCUT2D eigenvalue weighted by Crippen LogP contribution is 2.41. The topological polar surface area (TPSA) is 56.7 Å². The van der Waals surface area contributed by atoms with Crippen LogP contribution in [0.4, 0.5) is 0 Å². The lowest BCUT2D eigenvalue weighted by Crippen LogP contribution is -2.01. The van der Waals surface area contributed by atoms with Gasteiger partial charge in [-0.25, -0.2) is 15.0 Å². The Labute approximate surface area is 320 Å². The third-order valence-electron chi connectivity index (χ3n) is 11.1. The minimum Gasteiger partial charge on any atom is -0.454 e. The second kappa shape index (κ2) is 11.9. The molecule has 0 N–H and O–H groups in total. The van der Waals surface area contributed by atoms with E-state index < -0.39 is 0 Å². The minimum atomic E-state index is 0.589. The van der Waals surface area contributed by atoms with Gasteiger partial charge in [-0.3, -0.25) is 0 Å². The molecular weight excluding hydrogens is 685 g/mol. The van der Waals surface area contributed by atoms with E-state index in [0.29, 0.717) is 17.5 Å². The average molecular weight is 715 g/mol. The first kappa shape index (κ1) is 30.8. The third-order valence-corrected chi connectivity index (χ3v) is 11.1. The Balaban J connectivity index is 1.17. The smallest absolute Gasteiger partial charge is 0.164 e. The molecule has 0 unspecified atom stereocenters. The molecule has 0 fully saturated rings. The summed E-state index contributed by atoms with van der Waals surface area (Å²) in [4.78, 5) is 15.7. The number of rotatable bonds is 4. The summed E-state index contributed by atoms with van der Waals surface area (Å²) in [5.41, 5.74) is 7.50. The van der Waals surface area contributed by atoms with Crippen molar-refractivity contribution in [1.82, 2.24) is 19.5 Å². The lowest BCUT2D eigenvalue weighted by molar-refractivity contribution is 0.666. The molecule has 0 aliphatic heterocycles. The SMILES string of the molecule is c1ccc2cc(-c3nc(-c4ccc5ccccc5c4)nc(-c4cc(-n5c6ccccc6c6cc7ccccc7cc65)c5oc6ccccc6c5c4)n3)ccc2c1. The van der Waals surface area contributed by atoms with Crippen LogP contribution in [0.5, 0.6) is 0 Å². The van der Waals surface area contributed by atoms with Gasteiger partial charge >= 0.3 is 0 Å². The quantitative estimate of drug-likeness (QED) is 0.182. The van der Waals surface area contributed by atoms with E-state index in [-0.39, 0.29) is 0 Å². The Kier molecular flexibility index (Phi) is 6.56. The maximum atomic E-state index is 6.78. The fourth-order valence-corrected chi connectivity index (χ4v) is 8.44. The van der Waals surface area contributed by atoms with E-state index in [1.807, 2.05) is 12.1 Å². The van der Waals surface area contributed by atoms with Crippen molar-refractivity contribution < 1.29 is 4.42 Å². The van der Waals surface area contributed by atoms with Crippen molar-refractivity contribution in [2.75, 3.05) is 0 Å². The summed E-state index contributed by atoms with van der Waals surface area (Å²) >= 11 is 0. The maximum absolute atomic E-state index is 6.78. The van der Waals surface area contributed by atoms with Gasteiger partial charge in [0.25, 0.3) is 0 Å². The molecule has 0 aliphatic rings. The molecule has 0 aliphatic carbocycles. The van der Waals surface area contributed by atoms with Crippen LogP contribution in [0.3, 0.4) is 0 Å². The number of fused-ring (bicyclic) bond motifs is 9. The van der Waals surface area contributed by atoms with E-state index in [0.717, 1.165) is 66.1 Å². The summed E-state index contributed by atoms with van der Waals surface area (Å²) in [7, 11) is 0.